The molecule has 1 heterocycles. The summed E-state index contributed by atoms with van der Waals surface area (Å²) in [4.78, 5) is 2.51. The van der Waals surface area contributed by atoms with E-state index in [1.54, 1.807) is 0 Å². The van der Waals surface area contributed by atoms with Crippen LogP contribution in [0.25, 0.3) is 0 Å². The Balaban J connectivity index is 1.74. The summed E-state index contributed by atoms with van der Waals surface area (Å²) in [5.41, 5.74) is 3.87. The number of hydrogen-bond acceptors (Lipinski definition) is 3. The van der Waals surface area contributed by atoms with Crippen molar-refractivity contribution in [2.75, 3.05) is 11.4 Å². The maximum absolute atomic E-state index is 9.40. The summed E-state index contributed by atoms with van der Waals surface area (Å²) in [5.74, 6) is 1.23. The minimum atomic E-state index is 0.352. The summed E-state index contributed by atoms with van der Waals surface area (Å²) >= 11 is 0. The molecule has 0 radical (unpaired) electrons. The van der Waals surface area contributed by atoms with E-state index in [0.717, 1.165) is 12.3 Å². The Morgan fingerprint density at radius 1 is 1.21 bits per heavy atom. The van der Waals surface area contributed by atoms with Gasteiger partial charge in [0.2, 0.25) is 0 Å². The Bertz CT molecular complexity index is 525. The lowest BCUT2D eigenvalue weighted by Gasteiger charge is -2.40. The lowest BCUT2D eigenvalue weighted by molar-refractivity contribution is 0.311. The second-order valence-electron chi connectivity index (χ2n) is 6.17. The Labute approximate surface area is 113 Å². The zero-order chi connectivity index (χ0) is 12.8. The second kappa shape index (κ2) is 4.26. The third-order valence-electron chi connectivity index (χ3n) is 5.24. The van der Waals surface area contributed by atoms with Crippen molar-refractivity contribution in [3.8, 4) is 0 Å². The molecular formula is C16H20N2O. The highest BCUT2D eigenvalue weighted by Gasteiger charge is 2.48. The predicted molar refractivity (Wildman–Crippen MR) is 75.9 cm³/mol. The molecule has 1 N–H and O–H groups in total. The summed E-state index contributed by atoms with van der Waals surface area (Å²) < 4.78 is 0. The average molecular weight is 256 g/mol. The number of para-hydroxylation sites is 1. The van der Waals surface area contributed by atoms with E-state index in [4.69, 9.17) is 0 Å². The second-order valence-corrected chi connectivity index (χ2v) is 6.17. The number of anilines is 1. The van der Waals surface area contributed by atoms with Crippen molar-refractivity contribution in [2.45, 2.75) is 38.1 Å². The minimum Gasteiger partial charge on any atom is -0.411 e. The van der Waals surface area contributed by atoms with Crippen LogP contribution in [-0.2, 0) is 6.42 Å². The van der Waals surface area contributed by atoms with Gasteiger partial charge in [0.1, 0.15) is 0 Å². The molecule has 2 aliphatic carbocycles. The predicted octanol–water partition coefficient (Wildman–Crippen LogP) is 3.07. The average Bonchev–Trinajstić information content (AvgIpc) is 3.07. The summed E-state index contributed by atoms with van der Waals surface area (Å²) in [6.45, 7) is 1.10. The molecule has 100 valence electrons. The Hall–Kier alpha value is -1.51. The van der Waals surface area contributed by atoms with Crippen molar-refractivity contribution in [2.24, 2.45) is 17.0 Å². The fraction of sp³-hybridized carbons (Fsp3) is 0.562. The summed E-state index contributed by atoms with van der Waals surface area (Å²) in [5, 5.41) is 13.1. The van der Waals surface area contributed by atoms with E-state index in [-0.39, 0.29) is 0 Å². The Morgan fingerprint density at radius 2 is 2.11 bits per heavy atom. The smallest absolute Gasteiger partial charge is 0.0828 e. The molecule has 0 saturated heterocycles. The van der Waals surface area contributed by atoms with E-state index in [1.165, 1.54) is 43.4 Å². The number of benzene rings is 1. The molecule has 0 amide bonds. The number of nitrogens with zero attached hydrogens (tertiary/aromatic N) is 2. The summed E-state index contributed by atoms with van der Waals surface area (Å²) in [6.07, 6.45) is 6.13. The molecule has 2 bridgehead atoms. The first-order valence-electron chi connectivity index (χ1n) is 7.45. The van der Waals surface area contributed by atoms with E-state index >= 15 is 0 Å². The van der Waals surface area contributed by atoms with E-state index in [1.807, 2.05) is 0 Å². The molecule has 0 unspecified atom stereocenters. The van der Waals surface area contributed by atoms with Crippen LogP contribution < -0.4 is 4.90 Å². The zero-order valence-corrected chi connectivity index (χ0v) is 11.1. The van der Waals surface area contributed by atoms with E-state index in [9.17, 15) is 5.21 Å². The van der Waals surface area contributed by atoms with Crippen molar-refractivity contribution in [3.05, 3.63) is 29.8 Å². The lowest BCUT2D eigenvalue weighted by Crippen LogP contribution is -2.47. The standard InChI is InChI=1S/C16H20N2O/c19-17-15-12-7-8-13(10-12)16(15)18-9-3-5-11-4-1-2-6-14(11)18/h1-2,4,6,12-13,16,19H,3,5,7-10H2/b17-15-/t12-,13+,16+/m0/s1. The summed E-state index contributed by atoms with van der Waals surface area (Å²) in [7, 11) is 0. The highest BCUT2D eigenvalue weighted by Crippen LogP contribution is 2.47. The third kappa shape index (κ3) is 1.60. The van der Waals surface area contributed by atoms with Crippen molar-refractivity contribution in [1.29, 1.82) is 0 Å². The Kier molecular flexibility index (Phi) is 2.54. The SMILES string of the molecule is O/N=C1/[C@H]2CC[C@H](C2)[C@H]1N1CCCc2ccccc21. The molecule has 3 aliphatic rings. The lowest BCUT2D eigenvalue weighted by atomic mass is 9.89. The topological polar surface area (TPSA) is 35.8 Å². The van der Waals surface area contributed by atoms with Gasteiger partial charge in [0.15, 0.2) is 0 Å². The molecule has 4 rings (SSSR count). The van der Waals surface area contributed by atoms with Gasteiger partial charge in [-0.2, -0.15) is 0 Å². The van der Waals surface area contributed by atoms with Gasteiger partial charge in [-0.15, -0.1) is 0 Å². The maximum atomic E-state index is 9.40. The summed E-state index contributed by atoms with van der Waals surface area (Å²) in [6, 6.07) is 9.08. The highest BCUT2D eigenvalue weighted by molar-refractivity contribution is 5.97. The Morgan fingerprint density at radius 3 is 3.00 bits per heavy atom. The van der Waals surface area contributed by atoms with Gasteiger partial charge in [0.05, 0.1) is 11.8 Å². The van der Waals surface area contributed by atoms with Crippen LogP contribution in [0, 0.1) is 11.8 Å². The number of hydrogen-bond donors (Lipinski definition) is 1. The van der Waals surface area contributed by atoms with Crippen molar-refractivity contribution in [3.63, 3.8) is 0 Å². The number of rotatable bonds is 1. The van der Waals surface area contributed by atoms with Gasteiger partial charge in [-0.1, -0.05) is 23.4 Å². The quantitative estimate of drug-likeness (QED) is 0.619. The van der Waals surface area contributed by atoms with Crippen molar-refractivity contribution in [1.82, 2.24) is 0 Å². The van der Waals surface area contributed by atoms with Gasteiger partial charge in [0.25, 0.3) is 0 Å². The van der Waals surface area contributed by atoms with Crippen LogP contribution in [0.15, 0.2) is 29.4 Å². The van der Waals surface area contributed by atoms with Gasteiger partial charge in [0, 0.05) is 18.2 Å². The molecule has 1 aliphatic heterocycles. The normalized spacial score (nSPS) is 34.8. The van der Waals surface area contributed by atoms with Crippen molar-refractivity contribution >= 4 is 11.4 Å². The van der Waals surface area contributed by atoms with Gasteiger partial charge < -0.3 is 10.1 Å². The van der Waals surface area contributed by atoms with Crippen LogP contribution in [0.2, 0.25) is 0 Å². The van der Waals surface area contributed by atoms with Crippen LogP contribution in [0.4, 0.5) is 5.69 Å². The molecule has 3 heteroatoms. The van der Waals surface area contributed by atoms with E-state index in [0.29, 0.717) is 17.9 Å². The molecule has 1 aromatic rings. The number of fused-ring (bicyclic) bond motifs is 3. The van der Waals surface area contributed by atoms with Crippen LogP contribution in [0.5, 0.6) is 0 Å². The molecule has 3 atom stereocenters. The van der Waals surface area contributed by atoms with Gasteiger partial charge in [-0.3, -0.25) is 0 Å². The first-order valence-corrected chi connectivity index (χ1v) is 7.45. The molecule has 0 spiro atoms. The van der Waals surface area contributed by atoms with Gasteiger partial charge >= 0.3 is 0 Å². The van der Waals surface area contributed by atoms with Gasteiger partial charge in [-0.05, 0) is 49.7 Å². The van der Waals surface area contributed by atoms with E-state index in [2.05, 4.69) is 34.3 Å². The molecule has 1 aromatic carbocycles. The third-order valence-corrected chi connectivity index (χ3v) is 5.24. The molecule has 2 saturated carbocycles. The minimum absolute atomic E-state index is 0.352. The molecule has 0 aromatic heterocycles. The molecule has 2 fully saturated rings. The molecular weight excluding hydrogens is 236 g/mol. The first kappa shape index (κ1) is 11.3. The van der Waals surface area contributed by atoms with Crippen LogP contribution in [0.3, 0.4) is 0 Å². The fourth-order valence-electron chi connectivity index (χ4n) is 4.46. The zero-order valence-electron chi connectivity index (χ0n) is 11.1. The largest absolute Gasteiger partial charge is 0.411 e. The van der Waals surface area contributed by atoms with Crippen LogP contribution in [0.1, 0.15) is 31.2 Å². The number of aryl methyl sites for hydroxylation is 1. The first-order chi connectivity index (χ1) is 9.38. The van der Waals surface area contributed by atoms with Crippen LogP contribution in [-0.4, -0.2) is 23.5 Å². The molecule has 3 nitrogen and oxygen atoms in total. The van der Waals surface area contributed by atoms with Gasteiger partial charge in [-0.25, -0.2) is 0 Å². The highest BCUT2D eigenvalue weighted by atomic mass is 16.4. The molecule has 19 heavy (non-hydrogen) atoms. The monoisotopic (exact) mass is 256 g/mol. The van der Waals surface area contributed by atoms with Crippen molar-refractivity contribution < 1.29 is 5.21 Å². The fourth-order valence-corrected chi connectivity index (χ4v) is 4.46. The van der Waals surface area contributed by atoms with E-state index < -0.39 is 0 Å². The number of oxime groups is 1. The van der Waals surface area contributed by atoms with Crippen LogP contribution >= 0.6 is 0 Å². The maximum Gasteiger partial charge on any atom is 0.0828 e.